The highest BCUT2D eigenvalue weighted by atomic mass is 14.2. The van der Waals surface area contributed by atoms with Gasteiger partial charge in [-0.3, -0.25) is 0 Å². The van der Waals surface area contributed by atoms with Crippen LogP contribution in [0.2, 0.25) is 0 Å². The Balaban J connectivity index is 4.51. The molecule has 0 rings (SSSR count). The molecule has 0 heteroatoms. The third-order valence-corrected chi connectivity index (χ3v) is 7.53. The van der Waals surface area contributed by atoms with E-state index in [1.54, 1.807) is 6.42 Å². The average molecular weight is 437 g/mol. The van der Waals surface area contributed by atoms with Crippen molar-refractivity contribution in [2.24, 2.45) is 11.8 Å². The van der Waals surface area contributed by atoms with Crippen molar-refractivity contribution < 1.29 is 0 Å². The summed E-state index contributed by atoms with van der Waals surface area (Å²) in [4.78, 5) is 0. The Morgan fingerprint density at radius 2 is 0.516 bits per heavy atom. The second-order valence-corrected chi connectivity index (χ2v) is 10.8. The molecule has 0 aromatic heterocycles. The summed E-state index contributed by atoms with van der Waals surface area (Å²) in [7, 11) is 0. The van der Waals surface area contributed by atoms with Crippen molar-refractivity contribution in [3.05, 3.63) is 0 Å². The smallest absolute Gasteiger partial charge is 0.0412 e. The van der Waals surface area contributed by atoms with Crippen LogP contribution in [0.15, 0.2) is 0 Å². The molecule has 31 heavy (non-hydrogen) atoms. The zero-order chi connectivity index (χ0) is 22.8. The van der Waals surface area contributed by atoms with Crippen molar-refractivity contribution in [3.8, 4) is 0 Å². The van der Waals surface area contributed by atoms with Crippen LogP contribution < -0.4 is 0 Å². The Labute approximate surface area is 200 Å². The molecule has 0 saturated heterocycles. The van der Waals surface area contributed by atoms with Gasteiger partial charge in [0.25, 0.3) is 0 Å². The summed E-state index contributed by atoms with van der Waals surface area (Å²) in [6.07, 6.45) is 36.8. The first-order valence-corrected chi connectivity index (χ1v) is 15.3. The Morgan fingerprint density at radius 1 is 0.290 bits per heavy atom. The molecule has 0 heterocycles. The summed E-state index contributed by atoms with van der Waals surface area (Å²) < 4.78 is 0. The quantitative estimate of drug-likeness (QED) is 0.118. The highest BCUT2D eigenvalue weighted by Gasteiger charge is 2.16. The largest absolute Gasteiger partial charge is 0.0654 e. The maximum absolute atomic E-state index is 2.34. The van der Waals surface area contributed by atoms with Crippen molar-refractivity contribution in [1.82, 2.24) is 0 Å². The minimum Gasteiger partial charge on any atom is -0.0654 e. The van der Waals surface area contributed by atoms with Gasteiger partial charge in [-0.2, -0.15) is 0 Å². The molecule has 0 aromatic carbocycles. The van der Waals surface area contributed by atoms with Crippen LogP contribution in [0.1, 0.15) is 188 Å². The lowest BCUT2D eigenvalue weighted by atomic mass is 9.82. The topological polar surface area (TPSA) is 0 Å². The van der Waals surface area contributed by atoms with Crippen LogP contribution in [0.25, 0.3) is 0 Å². The molecular formula is C31H64. The molecule has 0 atom stereocenters. The first kappa shape index (κ1) is 31.0. The molecule has 0 N–H and O–H groups in total. The molecule has 0 aliphatic heterocycles. The predicted molar refractivity (Wildman–Crippen MR) is 145 cm³/mol. The van der Waals surface area contributed by atoms with E-state index in [-0.39, 0.29) is 0 Å². The van der Waals surface area contributed by atoms with E-state index in [1.807, 2.05) is 0 Å². The molecule has 0 unspecified atom stereocenters. The maximum Gasteiger partial charge on any atom is -0.0412 e. The van der Waals surface area contributed by atoms with Gasteiger partial charge in [0.15, 0.2) is 0 Å². The SMILES string of the molecule is CCCCCCCC(CCCCCCC)CC(CCCCCCC)CCCCCCC. The number of hydrogen-bond acceptors (Lipinski definition) is 0. The maximum atomic E-state index is 2.34. The summed E-state index contributed by atoms with van der Waals surface area (Å²) in [5, 5.41) is 0. The van der Waals surface area contributed by atoms with Crippen LogP contribution in [0.5, 0.6) is 0 Å². The Morgan fingerprint density at radius 3 is 0.742 bits per heavy atom. The van der Waals surface area contributed by atoms with Crippen LogP contribution in [-0.2, 0) is 0 Å². The molecule has 0 amide bonds. The van der Waals surface area contributed by atoms with Crippen molar-refractivity contribution >= 4 is 0 Å². The van der Waals surface area contributed by atoms with E-state index >= 15 is 0 Å². The fraction of sp³-hybridized carbons (Fsp3) is 1.00. The number of hydrogen-bond donors (Lipinski definition) is 0. The third kappa shape index (κ3) is 23.0. The predicted octanol–water partition coefficient (Wildman–Crippen LogP) is 12.1. The zero-order valence-electron chi connectivity index (χ0n) is 22.8. The summed E-state index contributed by atoms with van der Waals surface area (Å²) in [5.41, 5.74) is 0. The van der Waals surface area contributed by atoms with E-state index in [2.05, 4.69) is 27.7 Å². The molecule has 0 spiro atoms. The molecule has 0 fully saturated rings. The Kier molecular flexibility index (Phi) is 26.3. The Hall–Kier alpha value is 0. The summed E-state index contributed by atoms with van der Waals surface area (Å²) in [6.45, 7) is 9.35. The zero-order valence-corrected chi connectivity index (χ0v) is 22.8. The fourth-order valence-electron chi connectivity index (χ4n) is 5.38. The van der Waals surface area contributed by atoms with Crippen molar-refractivity contribution in [1.29, 1.82) is 0 Å². The standard InChI is InChI=1S/C31H64/c1-5-9-13-17-21-25-30(26-22-18-14-10-6-2)29-31(27-23-19-15-11-7-3)28-24-20-16-12-8-4/h30-31H,5-29H2,1-4H3. The highest BCUT2D eigenvalue weighted by Crippen LogP contribution is 2.31. The van der Waals surface area contributed by atoms with Gasteiger partial charge in [0.05, 0.1) is 0 Å². The van der Waals surface area contributed by atoms with E-state index < -0.39 is 0 Å². The summed E-state index contributed by atoms with van der Waals surface area (Å²) >= 11 is 0. The second-order valence-electron chi connectivity index (χ2n) is 10.8. The van der Waals surface area contributed by atoms with Crippen LogP contribution in [0.3, 0.4) is 0 Å². The van der Waals surface area contributed by atoms with Gasteiger partial charge in [0, 0.05) is 0 Å². The molecular weight excluding hydrogens is 372 g/mol. The minimum absolute atomic E-state index is 1.03. The van der Waals surface area contributed by atoms with Crippen molar-refractivity contribution in [2.45, 2.75) is 188 Å². The van der Waals surface area contributed by atoms with Gasteiger partial charge in [-0.15, -0.1) is 0 Å². The normalized spacial score (nSPS) is 11.8. The van der Waals surface area contributed by atoms with E-state index in [4.69, 9.17) is 0 Å². The lowest BCUT2D eigenvalue weighted by Crippen LogP contribution is -2.11. The molecule has 0 radical (unpaired) electrons. The van der Waals surface area contributed by atoms with E-state index in [0.717, 1.165) is 11.8 Å². The summed E-state index contributed by atoms with van der Waals surface area (Å²) in [6, 6.07) is 0. The van der Waals surface area contributed by atoms with Crippen LogP contribution in [0.4, 0.5) is 0 Å². The molecule has 0 bridgehead atoms. The Bertz CT molecular complexity index is 249. The number of rotatable bonds is 26. The van der Waals surface area contributed by atoms with Gasteiger partial charge in [-0.05, 0) is 18.3 Å². The van der Waals surface area contributed by atoms with Gasteiger partial charge in [-0.1, -0.05) is 182 Å². The van der Waals surface area contributed by atoms with E-state index in [1.165, 1.54) is 154 Å². The van der Waals surface area contributed by atoms with Gasteiger partial charge in [-0.25, -0.2) is 0 Å². The molecule has 0 nitrogen and oxygen atoms in total. The lowest BCUT2D eigenvalue weighted by molar-refractivity contribution is 0.282. The molecule has 188 valence electrons. The van der Waals surface area contributed by atoms with E-state index in [0.29, 0.717) is 0 Å². The molecule has 0 aliphatic rings. The van der Waals surface area contributed by atoms with Gasteiger partial charge >= 0.3 is 0 Å². The van der Waals surface area contributed by atoms with Crippen LogP contribution in [-0.4, -0.2) is 0 Å². The van der Waals surface area contributed by atoms with Crippen molar-refractivity contribution in [2.75, 3.05) is 0 Å². The van der Waals surface area contributed by atoms with Gasteiger partial charge < -0.3 is 0 Å². The first-order valence-electron chi connectivity index (χ1n) is 15.3. The lowest BCUT2D eigenvalue weighted by Gasteiger charge is -2.24. The first-order chi connectivity index (χ1) is 15.3. The monoisotopic (exact) mass is 437 g/mol. The minimum atomic E-state index is 1.03. The molecule has 0 aliphatic carbocycles. The number of unbranched alkanes of at least 4 members (excludes halogenated alkanes) is 16. The molecule has 0 saturated carbocycles. The fourth-order valence-corrected chi connectivity index (χ4v) is 5.38. The van der Waals surface area contributed by atoms with Crippen LogP contribution >= 0.6 is 0 Å². The second kappa shape index (κ2) is 26.3. The highest BCUT2D eigenvalue weighted by molar-refractivity contribution is 4.69. The van der Waals surface area contributed by atoms with Crippen LogP contribution in [0, 0.1) is 11.8 Å². The summed E-state index contributed by atoms with van der Waals surface area (Å²) in [5.74, 6) is 2.05. The van der Waals surface area contributed by atoms with E-state index in [9.17, 15) is 0 Å². The van der Waals surface area contributed by atoms with Gasteiger partial charge in [0.1, 0.15) is 0 Å². The van der Waals surface area contributed by atoms with Crippen molar-refractivity contribution in [3.63, 3.8) is 0 Å². The molecule has 0 aromatic rings. The third-order valence-electron chi connectivity index (χ3n) is 7.53. The van der Waals surface area contributed by atoms with Gasteiger partial charge in [0.2, 0.25) is 0 Å². The average Bonchev–Trinajstić information content (AvgIpc) is 2.77.